The number of hydrogen-bond donors (Lipinski definition) is 1. The molecule has 0 radical (unpaired) electrons. The predicted octanol–water partition coefficient (Wildman–Crippen LogP) is 2.97. The maximum Gasteiger partial charge on any atom is 0.115 e. The van der Waals surface area contributed by atoms with Crippen molar-refractivity contribution < 1.29 is 0 Å². The van der Waals surface area contributed by atoms with Crippen LogP contribution in [0.3, 0.4) is 0 Å². The van der Waals surface area contributed by atoms with Crippen LogP contribution in [0, 0.1) is 0 Å². The van der Waals surface area contributed by atoms with Gasteiger partial charge in [-0.15, -0.1) is 0 Å². The number of hydrogen-bond acceptors (Lipinski definition) is 3. The number of rotatable bonds is 3. The van der Waals surface area contributed by atoms with E-state index in [-0.39, 0.29) is 0 Å². The molecule has 0 saturated carbocycles. The molecular formula is C15H17N3. The van der Waals surface area contributed by atoms with Crippen LogP contribution >= 0.6 is 0 Å². The molecule has 92 valence electrons. The van der Waals surface area contributed by atoms with Crippen molar-refractivity contribution in [1.82, 2.24) is 9.97 Å². The van der Waals surface area contributed by atoms with Crippen LogP contribution in [0.1, 0.15) is 29.5 Å². The maximum absolute atomic E-state index is 4.03. The van der Waals surface area contributed by atoms with Crippen LogP contribution in [-0.4, -0.2) is 9.97 Å². The van der Waals surface area contributed by atoms with E-state index < -0.39 is 0 Å². The Bertz CT molecular complexity index is 523. The quantitative estimate of drug-likeness (QED) is 0.894. The third-order valence-electron chi connectivity index (χ3n) is 3.49. The van der Waals surface area contributed by atoms with E-state index in [0.29, 0.717) is 0 Å². The van der Waals surface area contributed by atoms with Gasteiger partial charge in [0, 0.05) is 30.2 Å². The summed E-state index contributed by atoms with van der Waals surface area (Å²) in [5.74, 6) is 0. The summed E-state index contributed by atoms with van der Waals surface area (Å²) in [6.45, 7) is 0.789. The van der Waals surface area contributed by atoms with Gasteiger partial charge in [0.2, 0.25) is 0 Å². The molecule has 3 rings (SSSR count). The minimum Gasteiger partial charge on any atom is -0.381 e. The molecule has 1 aliphatic rings. The lowest BCUT2D eigenvalue weighted by Gasteiger charge is -2.20. The van der Waals surface area contributed by atoms with Gasteiger partial charge in [-0.05, 0) is 42.9 Å². The zero-order chi connectivity index (χ0) is 12.2. The molecule has 18 heavy (non-hydrogen) atoms. The van der Waals surface area contributed by atoms with Gasteiger partial charge in [-0.25, -0.2) is 9.97 Å². The summed E-state index contributed by atoms with van der Waals surface area (Å²) >= 11 is 0. The molecule has 0 unspecified atom stereocenters. The second-order valence-electron chi connectivity index (χ2n) is 4.75. The van der Waals surface area contributed by atoms with Crippen molar-refractivity contribution in [3.05, 3.63) is 53.6 Å². The smallest absolute Gasteiger partial charge is 0.115 e. The highest BCUT2D eigenvalue weighted by atomic mass is 14.9. The lowest BCUT2D eigenvalue weighted by molar-refractivity contribution is 0.686. The third kappa shape index (κ3) is 2.35. The summed E-state index contributed by atoms with van der Waals surface area (Å²) in [6, 6.07) is 6.58. The number of aryl methyl sites for hydroxylation is 1. The second-order valence-corrected chi connectivity index (χ2v) is 4.75. The number of nitrogens with zero attached hydrogens (tertiary/aromatic N) is 2. The summed E-state index contributed by atoms with van der Waals surface area (Å²) < 4.78 is 0. The van der Waals surface area contributed by atoms with Crippen molar-refractivity contribution in [1.29, 1.82) is 0 Å². The van der Waals surface area contributed by atoms with Crippen molar-refractivity contribution in [3.63, 3.8) is 0 Å². The van der Waals surface area contributed by atoms with Gasteiger partial charge in [-0.2, -0.15) is 0 Å². The van der Waals surface area contributed by atoms with Gasteiger partial charge in [-0.3, -0.25) is 0 Å². The number of anilines is 1. The van der Waals surface area contributed by atoms with Crippen molar-refractivity contribution in [2.24, 2.45) is 0 Å². The van der Waals surface area contributed by atoms with Crippen LogP contribution in [0.2, 0.25) is 0 Å². The maximum atomic E-state index is 4.03. The van der Waals surface area contributed by atoms with Crippen LogP contribution in [0.5, 0.6) is 0 Å². The normalized spacial score (nSPS) is 14.0. The summed E-state index contributed by atoms with van der Waals surface area (Å²) in [5.41, 5.74) is 5.40. The molecule has 3 nitrogen and oxygen atoms in total. The Labute approximate surface area is 107 Å². The average molecular weight is 239 g/mol. The molecule has 0 saturated heterocycles. The van der Waals surface area contributed by atoms with Gasteiger partial charge < -0.3 is 5.32 Å². The van der Waals surface area contributed by atoms with Crippen LogP contribution in [-0.2, 0) is 19.4 Å². The molecule has 2 aromatic rings. The largest absolute Gasteiger partial charge is 0.381 e. The summed E-state index contributed by atoms with van der Waals surface area (Å²) in [5, 5.41) is 3.51. The van der Waals surface area contributed by atoms with Gasteiger partial charge in [0.1, 0.15) is 6.33 Å². The molecule has 0 spiro atoms. The van der Waals surface area contributed by atoms with Gasteiger partial charge in [0.25, 0.3) is 0 Å². The first-order chi connectivity index (χ1) is 8.93. The van der Waals surface area contributed by atoms with Crippen LogP contribution in [0.15, 0.2) is 36.9 Å². The summed E-state index contributed by atoms with van der Waals surface area (Å²) in [7, 11) is 0. The Morgan fingerprint density at radius 2 is 1.89 bits per heavy atom. The highest BCUT2D eigenvalue weighted by Crippen LogP contribution is 2.27. The first-order valence-electron chi connectivity index (χ1n) is 6.52. The minimum atomic E-state index is 0.789. The predicted molar refractivity (Wildman–Crippen MR) is 72.4 cm³/mol. The minimum absolute atomic E-state index is 0.789. The molecule has 0 atom stereocenters. The first-order valence-corrected chi connectivity index (χ1v) is 6.52. The molecule has 0 fully saturated rings. The van der Waals surface area contributed by atoms with E-state index in [4.69, 9.17) is 0 Å². The number of aromatic nitrogens is 2. The van der Waals surface area contributed by atoms with Crippen molar-refractivity contribution in [2.45, 2.75) is 32.2 Å². The van der Waals surface area contributed by atoms with Gasteiger partial charge in [0.15, 0.2) is 0 Å². The Hall–Kier alpha value is -1.90. The van der Waals surface area contributed by atoms with E-state index in [2.05, 4.69) is 33.5 Å². The summed E-state index contributed by atoms with van der Waals surface area (Å²) in [4.78, 5) is 8.07. The average Bonchev–Trinajstić information content (AvgIpc) is 2.46. The van der Waals surface area contributed by atoms with Crippen LogP contribution in [0.25, 0.3) is 0 Å². The van der Waals surface area contributed by atoms with E-state index in [1.54, 1.807) is 6.33 Å². The van der Waals surface area contributed by atoms with E-state index in [1.165, 1.54) is 42.5 Å². The highest BCUT2D eigenvalue weighted by Gasteiger charge is 2.12. The third-order valence-corrected chi connectivity index (χ3v) is 3.49. The first kappa shape index (κ1) is 11.2. The van der Waals surface area contributed by atoms with Crippen LogP contribution < -0.4 is 5.32 Å². The van der Waals surface area contributed by atoms with E-state index >= 15 is 0 Å². The molecule has 1 aromatic carbocycles. The monoisotopic (exact) mass is 239 g/mol. The van der Waals surface area contributed by atoms with Gasteiger partial charge in [0.05, 0.1) is 0 Å². The van der Waals surface area contributed by atoms with E-state index in [9.17, 15) is 0 Å². The topological polar surface area (TPSA) is 37.8 Å². The standard InChI is InChI=1S/C15H17N3/c1-2-6-14-13(4-1)5-3-7-15(14)18-10-12-8-16-11-17-9-12/h3,5,7-9,11,18H,1-2,4,6,10H2. The highest BCUT2D eigenvalue weighted by molar-refractivity contribution is 5.55. The van der Waals surface area contributed by atoms with Gasteiger partial charge >= 0.3 is 0 Å². The number of benzene rings is 1. The Morgan fingerprint density at radius 3 is 2.78 bits per heavy atom. The summed E-state index contributed by atoms with van der Waals surface area (Å²) in [6.07, 6.45) is 10.3. The van der Waals surface area contributed by atoms with Crippen molar-refractivity contribution >= 4 is 5.69 Å². The van der Waals surface area contributed by atoms with Crippen molar-refractivity contribution in [2.75, 3.05) is 5.32 Å². The molecule has 0 aliphatic heterocycles. The molecule has 1 aromatic heterocycles. The molecule has 0 amide bonds. The second kappa shape index (κ2) is 5.17. The Morgan fingerprint density at radius 1 is 1.06 bits per heavy atom. The van der Waals surface area contributed by atoms with Gasteiger partial charge in [-0.1, -0.05) is 12.1 Å². The fourth-order valence-corrected chi connectivity index (χ4v) is 2.57. The fraction of sp³-hybridized carbons (Fsp3) is 0.333. The molecule has 3 heteroatoms. The molecule has 1 aliphatic carbocycles. The number of fused-ring (bicyclic) bond motifs is 1. The lowest BCUT2D eigenvalue weighted by Crippen LogP contribution is -2.08. The molecular weight excluding hydrogens is 222 g/mol. The Kier molecular flexibility index (Phi) is 3.22. The Balaban J connectivity index is 1.77. The van der Waals surface area contributed by atoms with E-state index in [0.717, 1.165) is 12.1 Å². The van der Waals surface area contributed by atoms with Crippen LogP contribution in [0.4, 0.5) is 5.69 Å². The fourth-order valence-electron chi connectivity index (χ4n) is 2.57. The molecule has 0 bridgehead atoms. The SMILES string of the molecule is c1cc2c(c(NCc3cncnc3)c1)CCCC2. The van der Waals surface area contributed by atoms with Crippen molar-refractivity contribution in [3.8, 4) is 0 Å². The number of nitrogens with one attached hydrogen (secondary N) is 1. The zero-order valence-electron chi connectivity index (χ0n) is 10.4. The lowest BCUT2D eigenvalue weighted by atomic mass is 9.90. The van der Waals surface area contributed by atoms with E-state index in [1.807, 2.05) is 12.4 Å². The zero-order valence-corrected chi connectivity index (χ0v) is 10.4. The molecule has 1 N–H and O–H groups in total. The molecule has 1 heterocycles.